The third-order valence-electron chi connectivity index (χ3n) is 2.32. The highest BCUT2D eigenvalue weighted by molar-refractivity contribution is 9.10. The molecule has 2 aromatic rings. The Bertz CT molecular complexity index is 503. The number of halogens is 1. The van der Waals surface area contributed by atoms with Gasteiger partial charge in [-0.1, -0.05) is 0 Å². The summed E-state index contributed by atoms with van der Waals surface area (Å²) in [6.45, 7) is 6.05. The number of pyridine rings is 1. The number of aryl methyl sites for hydroxylation is 2. The maximum Gasteiger partial charge on any atom is 0.153 e. The van der Waals surface area contributed by atoms with Crippen molar-refractivity contribution in [2.75, 3.05) is 0 Å². The fraction of sp³-hybridized carbons (Fsp3) is 0.273. The van der Waals surface area contributed by atoms with Gasteiger partial charge in [-0.25, -0.2) is 9.67 Å². The van der Waals surface area contributed by atoms with Gasteiger partial charge in [0.15, 0.2) is 5.82 Å². The highest BCUT2D eigenvalue weighted by atomic mass is 79.9. The molecule has 2 heterocycles. The number of hydrogen-bond acceptors (Lipinski definition) is 2. The Balaban J connectivity index is 2.59. The fourth-order valence-corrected chi connectivity index (χ4v) is 1.73. The van der Waals surface area contributed by atoms with Crippen LogP contribution in [0.1, 0.15) is 17.0 Å². The van der Waals surface area contributed by atoms with Crippen molar-refractivity contribution in [2.24, 2.45) is 0 Å². The quantitative estimate of drug-likeness (QED) is 0.794. The van der Waals surface area contributed by atoms with Gasteiger partial charge >= 0.3 is 0 Å². The first-order valence-corrected chi connectivity index (χ1v) is 5.53. The van der Waals surface area contributed by atoms with E-state index in [2.05, 4.69) is 26.0 Å². The van der Waals surface area contributed by atoms with Crippen molar-refractivity contribution in [3.63, 3.8) is 0 Å². The predicted molar refractivity (Wildman–Crippen MR) is 63.3 cm³/mol. The summed E-state index contributed by atoms with van der Waals surface area (Å²) in [5.41, 5.74) is 3.24. The van der Waals surface area contributed by atoms with E-state index in [1.54, 1.807) is 6.20 Å². The Morgan fingerprint density at radius 2 is 2.00 bits per heavy atom. The summed E-state index contributed by atoms with van der Waals surface area (Å²) >= 11 is 3.50. The zero-order valence-electron chi connectivity index (χ0n) is 8.95. The molecule has 0 spiro atoms. The molecule has 0 fully saturated rings. The van der Waals surface area contributed by atoms with E-state index in [-0.39, 0.29) is 0 Å². The van der Waals surface area contributed by atoms with Crippen molar-refractivity contribution in [1.82, 2.24) is 14.8 Å². The molecule has 3 nitrogen and oxygen atoms in total. The first-order valence-electron chi connectivity index (χ1n) is 4.74. The number of hydrogen-bond donors (Lipinski definition) is 0. The summed E-state index contributed by atoms with van der Waals surface area (Å²) in [5.74, 6) is 0.862. The molecule has 0 amide bonds. The van der Waals surface area contributed by atoms with Crippen LogP contribution in [0.25, 0.3) is 5.82 Å². The van der Waals surface area contributed by atoms with Gasteiger partial charge in [0.25, 0.3) is 0 Å². The minimum atomic E-state index is 0.862. The molecule has 0 unspecified atom stereocenters. The predicted octanol–water partition coefficient (Wildman–Crippen LogP) is 2.96. The van der Waals surface area contributed by atoms with Crippen molar-refractivity contribution < 1.29 is 0 Å². The van der Waals surface area contributed by atoms with E-state index in [1.807, 2.05) is 37.6 Å². The normalized spacial score (nSPS) is 10.7. The van der Waals surface area contributed by atoms with Gasteiger partial charge in [-0.2, -0.15) is 5.10 Å². The molecule has 0 saturated heterocycles. The van der Waals surface area contributed by atoms with Gasteiger partial charge in [0.1, 0.15) is 0 Å². The lowest BCUT2D eigenvalue weighted by molar-refractivity contribution is 0.804. The Morgan fingerprint density at radius 1 is 1.27 bits per heavy atom. The van der Waals surface area contributed by atoms with E-state index in [0.29, 0.717) is 0 Å². The lowest BCUT2D eigenvalue weighted by atomic mass is 10.3. The third kappa shape index (κ3) is 1.81. The van der Waals surface area contributed by atoms with Crippen LogP contribution in [-0.4, -0.2) is 14.8 Å². The second-order valence-electron chi connectivity index (χ2n) is 3.59. The van der Waals surface area contributed by atoms with Crippen molar-refractivity contribution in [3.05, 3.63) is 39.8 Å². The second kappa shape index (κ2) is 3.77. The van der Waals surface area contributed by atoms with Crippen LogP contribution in [0.5, 0.6) is 0 Å². The van der Waals surface area contributed by atoms with E-state index < -0.39 is 0 Å². The molecule has 4 heteroatoms. The lowest BCUT2D eigenvalue weighted by Crippen LogP contribution is -2.01. The standard InChI is InChI=1S/C11H12BrN3/c1-7-4-5-13-10(6-7)15-9(3)11(12)8(2)14-15/h4-6H,1-3H3. The fourth-order valence-electron chi connectivity index (χ4n) is 1.48. The van der Waals surface area contributed by atoms with Gasteiger partial charge in [-0.15, -0.1) is 0 Å². The van der Waals surface area contributed by atoms with Crippen LogP contribution in [0.3, 0.4) is 0 Å². The molecule has 0 radical (unpaired) electrons. The molecule has 0 aliphatic rings. The summed E-state index contributed by atoms with van der Waals surface area (Å²) < 4.78 is 2.90. The van der Waals surface area contributed by atoms with Crippen molar-refractivity contribution in [3.8, 4) is 5.82 Å². The molecule has 0 N–H and O–H groups in total. The summed E-state index contributed by atoms with van der Waals surface area (Å²) in [6.07, 6.45) is 1.80. The number of rotatable bonds is 1. The summed E-state index contributed by atoms with van der Waals surface area (Å²) in [6, 6.07) is 4.00. The zero-order valence-corrected chi connectivity index (χ0v) is 10.5. The molecule has 0 aliphatic heterocycles. The van der Waals surface area contributed by atoms with Crippen LogP contribution >= 0.6 is 15.9 Å². The first kappa shape index (κ1) is 10.4. The molecule has 0 saturated carbocycles. The van der Waals surface area contributed by atoms with E-state index in [4.69, 9.17) is 0 Å². The number of nitrogens with zero attached hydrogens (tertiary/aromatic N) is 3. The molecule has 0 aromatic carbocycles. The average Bonchev–Trinajstić information content (AvgIpc) is 2.46. The summed E-state index contributed by atoms with van der Waals surface area (Å²) in [7, 11) is 0. The van der Waals surface area contributed by atoms with Crippen molar-refractivity contribution >= 4 is 15.9 Å². The Kier molecular flexibility index (Phi) is 2.61. The summed E-state index contributed by atoms with van der Waals surface area (Å²) in [5, 5.41) is 4.43. The highest BCUT2D eigenvalue weighted by Gasteiger charge is 2.10. The third-order valence-corrected chi connectivity index (χ3v) is 3.47. The maximum absolute atomic E-state index is 4.43. The smallest absolute Gasteiger partial charge is 0.153 e. The maximum atomic E-state index is 4.43. The van der Waals surface area contributed by atoms with Crippen molar-refractivity contribution in [2.45, 2.75) is 20.8 Å². The highest BCUT2D eigenvalue weighted by Crippen LogP contribution is 2.22. The minimum absolute atomic E-state index is 0.862. The first-order chi connectivity index (χ1) is 7.09. The molecule has 2 aromatic heterocycles. The van der Waals surface area contributed by atoms with Gasteiger partial charge in [0, 0.05) is 6.20 Å². The zero-order chi connectivity index (χ0) is 11.0. The average molecular weight is 266 g/mol. The Hall–Kier alpha value is -1.16. The van der Waals surface area contributed by atoms with Crippen LogP contribution in [0.15, 0.2) is 22.8 Å². The molecule has 0 atom stereocenters. The second-order valence-corrected chi connectivity index (χ2v) is 4.38. The lowest BCUT2D eigenvalue weighted by Gasteiger charge is -2.03. The SMILES string of the molecule is Cc1ccnc(-n2nc(C)c(Br)c2C)c1. The summed E-state index contributed by atoms with van der Waals surface area (Å²) in [4.78, 5) is 4.30. The van der Waals surface area contributed by atoms with E-state index in [9.17, 15) is 0 Å². The molecule has 2 rings (SSSR count). The van der Waals surface area contributed by atoms with Crippen LogP contribution in [0.4, 0.5) is 0 Å². The van der Waals surface area contributed by atoms with Gasteiger partial charge in [0.05, 0.1) is 15.9 Å². The molecule has 0 bridgehead atoms. The van der Waals surface area contributed by atoms with Crippen LogP contribution in [-0.2, 0) is 0 Å². The van der Waals surface area contributed by atoms with Gasteiger partial charge in [0.2, 0.25) is 0 Å². The van der Waals surface area contributed by atoms with Gasteiger partial charge in [-0.3, -0.25) is 0 Å². The topological polar surface area (TPSA) is 30.7 Å². The monoisotopic (exact) mass is 265 g/mol. The largest absolute Gasteiger partial charge is 0.237 e. The van der Waals surface area contributed by atoms with E-state index in [0.717, 1.165) is 21.7 Å². The van der Waals surface area contributed by atoms with E-state index >= 15 is 0 Å². The minimum Gasteiger partial charge on any atom is -0.237 e. The van der Waals surface area contributed by atoms with Crippen molar-refractivity contribution in [1.29, 1.82) is 0 Å². The van der Waals surface area contributed by atoms with Crippen LogP contribution < -0.4 is 0 Å². The van der Waals surface area contributed by atoms with Gasteiger partial charge in [-0.05, 0) is 54.4 Å². The van der Waals surface area contributed by atoms with Crippen LogP contribution in [0, 0.1) is 20.8 Å². The molecular formula is C11H12BrN3. The van der Waals surface area contributed by atoms with Crippen LogP contribution in [0.2, 0.25) is 0 Å². The van der Waals surface area contributed by atoms with E-state index in [1.165, 1.54) is 5.56 Å². The Morgan fingerprint density at radius 3 is 2.53 bits per heavy atom. The molecular weight excluding hydrogens is 254 g/mol. The number of aromatic nitrogens is 3. The molecule has 15 heavy (non-hydrogen) atoms. The Labute approximate surface area is 97.3 Å². The molecule has 0 aliphatic carbocycles. The molecule has 78 valence electrons. The van der Waals surface area contributed by atoms with Gasteiger partial charge < -0.3 is 0 Å².